The highest BCUT2D eigenvalue weighted by Crippen LogP contribution is 2.23. The van der Waals surface area contributed by atoms with Gasteiger partial charge in [-0.1, -0.05) is 0 Å². The van der Waals surface area contributed by atoms with Crippen LogP contribution in [0.2, 0.25) is 0 Å². The molecular formula is C18H22N4O5S. The standard InChI is InChI=1S/C18H22N4O5S/c1-18(2,3)27-17(23)21-7-6-12(10-21)11-28(26)16-9-19-15-8-13(22(24)25)4-5-14(15)20-16/h4-5,8-9,12H,6-7,10-11H2,1-3H3/t12-,28-/m1/s1. The van der Waals surface area contributed by atoms with Gasteiger partial charge in [-0.25, -0.2) is 9.78 Å². The molecule has 2 aromatic rings. The quantitative estimate of drug-likeness (QED) is 0.566. The number of nitro groups is 1. The van der Waals surface area contributed by atoms with Gasteiger partial charge in [-0.3, -0.25) is 19.3 Å². The molecule has 150 valence electrons. The number of benzene rings is 1. The predicted octanol–water partition coefficient (Wildman–Crippen LogP) is 2.90. The second-order valence-electron chi connectivity index (χ2n) is 7.73. The van der Waals surface area contributed by atoms with E-state index in [0.717, 1.165) is 6.42 Å². The molecule has 2 heterocycles. The van der Waals surface area contributed by atoms with Crippen molar-refractivity contribution in [3.05, 3.63) is 34.5 Å². The van der Waals surface area contributed by atoms with E-state index >= 15 is 0 Å². The van der Waals surface area contributed by atoms with Gasteiger partial charge in [0.25, 0.3) is 5.69 Å². The van der Waals surface area contributed by atoms with E-state index in [-0.39, 0.29) is 17.7 Å². The fraction of sp³-hybridized carbons (Fsp3) is 0.500. The Morgan fingerprint density at radius 2 is 2.14 bits per heavy atom. The molecule has 0 radical (unpaired) electrons. The van der Waals surface area contributed by atoms with Gasteiger partial charge in [0.2, 0.25) is 0 Å². The molecule has 1 aromatic carbocycles. The third kappa shape index (κ3) is 4.80. The summed E-state index contributed by atoms with van der Waals surface area (Å²) in [7, 11) is -1.38. The highest BCUT2D eigenvalue weighted by Gasteiger charge is 2.31. The number of ether oxygens (including phenoxy) is 1. The minimum atomic E-state index is -1.38. The summed E-state index contributed by atoms with van der Waals surface area (Å²) >= 11 is 0. The third-order valence-corrected chi connectivity index (χ3v) is 5.71. The number of nitrogens with zero attached hydrogens (tertiary/aromatic N) is 4. The van der Waals surface area contributed by atoms with Crippen LogP contribution in [0.1, 0.15) is 27.2 Å². The Labute approximate surface area is 164 Å². The van der Waals surface area contributed by atoms with Crippen molar-refractivity contribution < 1.29 is 18.7 Å². The molecule has 0 aliphatic carbocycles. The SMILES string of the molecule is CC(C)(C)OC(=O)N1CC[C@@H](C[S@@](=O)c2cnc3cc([N+](=O)[O-])ccc3n2)C1. The topological polar surface area (TPSA) is 116 Å². The molecule has 0 spiro atoms. The summed E-state index contributed by atoms with van der Waals surface area (Å²) in [6.45, 7) is 6.53. The fourth-order valence-electron chi connectivity index (χ4n) is 2.97. The average Bonchev–Trinajstić information content (AvgIpc) is 3.08. The van der Waals surface area contributed by atoms with Crippen molar-refractivity contribution in [2.45, 2.75) is 37.8 Å². The number of hydrogen-bond acceptors (Lipinski definition) is 7. The van der Waals surface area contributed by atoms with Gasteiger partial charge in [-0.05, 0) is 39.2 Å². The largest absolute Gasteiger partial charge is 0.444 e. The van der Waals surface area contributed by atoms with Crippen LogP contribution in [-0.4, -0.2) is 54.5 Å². The minimum absolute atomic E-state index is 0.0659. The van der Waals surface area contributed by atoms with Crippen LogP contribution < -0.4 is 0 Å². The van der Waals surface area contributed by atoms with E-state index in [0.29, 0.717) is 34.9 Å². The lowest BCUT2D eigenvalue weighted by atomic mass is 10.2. The maximum atomic E-state index is 12.7. The molecule has 1 aromatic heterocycles. The smallest absolute Gasteiger partial charge is 0.410 e. The van der Waals surface area contributed by atoms with Gasteiger partial charge >= 0.3 is 6.09 Å². The number of non-ortho nitro benzene ring substituents is 1. The van der Waals surface area contributed by atoms with Crippen LogP contribution in [0.5, 0.6) is 0 Å². The Bertz CT molecular complexity index is 943. The number of amides is 1. The van der Waals surface area contributed by atoms with E-state index in [1.165, 1.54) is 24.4 Å². The molecule has 9 nitrogen and oxygen atoms in total. The van der Waals surface area contributed by atoms with Gasteiger partial charge in [-0.2, -0.15) is 0 Å². The molecule has 3 rings (SSSR count). The van der Waals surface area contributed by atoms with Crippen LogP contribution in [-0.2, 0) is 15.5 Å². The Kier molecular flexibility index (Phi) is 5.59. The zero-order valence-electron chi connectivity index (χ0n) is 16.0. The number of likely N-dealkylation sites (tertiary alicyclic amines) is 1. The van der Waals surface area contributed by atoms with E-state index in [1.807, 2.05) is 20.8 Å². The second kappa shape index (κ2) is 7.78. The van der Waals surface area contributed by atoms with Crippen molar-refractivity contribution in [2.24, 2.45) is 5.92 Å². The van der Waals surface area contributed by atoms with Crippen LogP contribution in [0.4, 0.5) is 10.5 Å². The van der Waals surface area contributed by atoms with Gasteiger partial charge < -0.3 is 9.64 Å². The molecule has 1 fully saturated rings. The van der Waals surface area contributed by atoms with Crippen LogP contribution in [0.25, 0.3) is 11.0 Å². The summed E-state index contributed by atoms with van der Waals surface area (Å²) in [5.74, 6) is 0.453. The van der Waals surface area contributed by atoms with Crippen molar-refractivity contribution in [1.29, 1.82) is 0 Å². The highest BCUT2D eigenvalue weighted by atomic mass is 32.2. The number of fused-ring (bicyclic) bond motifs is 1. The van der Waals surface area contributed by atoms with Crippen molar-refractivity contribution >= 4 is 33.6 Å². The van der Waals surface area contributed by atoms with E-state index < -0.39 is 21.3 Å². The normalized spacial score (nSPS) is 18.2. The van der Waals surface area contributed by atoms with Crippen LogP contribution >= 0.6 is 0 Å². The summed E-state index contributed by atoms with van der Waals surface area (Å²) in [6, 6.07) is 4.19. The van der Waals surface area contributed by atoms with Crippen molar-refractivity contribution in [3.8, 4) is 0 Å². The van der Waals surface area contributed by atoms with Gasteiger partial charge in [0.1, 0.15) is 10.6 Å². The van der Waals surface area contributed by atoms with Crippen LogP contribution in [0, 0.1) is 16.0 Å². The van der Waals surface area contributed by atoms with Gasteiger partial charge in [0.05, 0.1) is 33.0 Å². The van der Waals surface area contributed by atoms with E-state index in [1.54, 1.807) is 4.90 Å². The molecule has 0 saturated carbocycles. The summed E-state index contributed by atoms with van der Waals surface area (Å²) in [5.41, 5.74) is 0.224. The van der Waals surface area contributed by atoms with Crippen molar-refractivity contribution in [2.75, 3.05) is 18.8 Å². The zero-order chi connectivity index (χ0) is 20.5. The maximum absolute atomic E-state index is 12.7. The Morgan fingerprint density at radius 3 is 2.82 bits per heavy atom. The molecule has 28 heavy (non-hydrogen) atoms. The Hall–Kier alpha value is -2.62. The number of rotatable bonds is 4. The fourth-order valence-corrected chi connectivity index (χ4v) is 4.21. The number of carbonyl (C=O) groups excluding carboxylic acids is 1. The molecule has 1 amide bonds. The Morgan fingerprint density at radius 1 is 1.39 bits per heavy atom. The third-order valence-electron chi connectivity index (χ3n) is 4.27. The molecule has 0 unspecified atom stereocenters. The monoisotopic (exact) mass is 406 g/mol. The molecule has 0 bridgehead atoms. The van der Waals surface area contributed by atoms with Gasteiger partial charge in [0, 0.05) is 31.0 Å². The average molecular weight is 406 g/mol. The number of nitro benzene ring substituents is 1. The first-order valence-corrected chi connectivity index (χ1v) is 10.2. The first-order valence-electron chi connectivity index (χ1n) is 8.90. The molecule has 1 aliphatic rings. The van der Waals surface area contributed by atoms with Gasteiger partial charge in [0.15, 0.2) is 0 Å². The molecule has 10 heteroatoms. The number of hydrogen-bond donors (Lipinski definition) is 0. The molecular weight excluding hydrogens is 384 g/mol. The summed E-state index contributed by atoms with van der Waals surface area (Å²) < 4.78 is 18.1. The summed E-state index contributed by atoms with van der Waals surface area (Å²) in [6.07, 6.45) is 1.79. The maximum Gasteiger partial charge on any atom is 0.410 e. The number of carbonyl (C=O) groups is 1. The van der Waals surface area contributed by atoms with E-state index in [4.69, 9.17) is 4.74 Å². The molecule has 1 saturated heterocycles. The minimum Gasteiger partial charge on any atom is -0.444 e. The first kappa shape index (κ1) is 20.1. The molecule has 2 atom stereocenters. The zero-order valence-corrected chi connectivity index (χ0v) is 16.8. The summed E-state index contributed by atoms with van der Waals surface area (Å²) in [5, 5.41) is 11.2. The Balaban J connectivity index is 1.64. The van der Waals surface area contributed by atoms with Crippen molar-refractivity contribution in [1.82, 2.24) is 14.9 Å². The molecule has 0 N–H and O–H groups in total. The van der Waals surface area contributed by atoms with Crippen molar-refractivity contribution in [3.63, 3.8) is 0 Å². The second-order valence-corrected chi connectivity index (χ2v) is 9.17. The lowest BCUT2D eigenvalue weighted by Gasteiger charge is -2.24. The first-order chi connectivity index (χ1) is 13.1. The van der Waals surface area contributed by atoms with Crippen LogP contribution in [0.3, 0.4) is 0 Å². The summed E-state index contributed by atoms with van der Waals surface area (Å²) in [4.78, 5) is 32.6. The van der Waals surface area contributed by atoms with E-state index in [2.05, 4.69) is 9.97 Å². The highest BCUT2D eigenvalue weighted by molar-refractivity contribution is 7.84. The predicted molar refractivity (Wildman–Crippen MR) is 103 cm³/mol. The lowest BCUT2D eigenvalue weighted by molar-refractivity contribution is -0.384. The molecule has 1 aliphatic heterocycles. The van der Waals surface area contributed by atoms with Gasteiger partial charge in [-0.15, -0.1) is 0 Å². The number of aromatic nitrogens is 2. The van der Waals surface area contributed by atoms with E-state index in [9.17, 15) is 19.1 Å². The lowest BCUT2D eigenvalue weighted by Crippen LogP contribution is -2.35. The van der Waals surface area contributed by atoms with Crippen LogP contribution in [0.15, 0.2) is 29.4 Å².